The minimum atomic E-state index is -0.712. The summed E-state index contributed by atoms with van der Waals surface area (Å²) in [5.74, 6) is 0.111. The fraction of sp³-hybridized carbons (Fsp3) is 0.263. The highest BCUT2D eigenvalue weighted by molar-refractivity contribution is 9.10. The number of carbonyl (C=O) groups is 2. The van der Waals surface area contributed by atoms with Gasteiger partial charge in [0.2, 0.25) is 5.91 Å². The molecule has 0 radical (unpaired) electrons. The molecule has 3 rings (SSSR count). The molecule has 0 unspecified atom stereocenters. The Bertz CT molecular complexity index is 869. The van der Waals surface area contributed by atoms with Gasteiger partial charge in [-0.1, -0.05) is 18.2 Å². The number of primary amides is 1. The van der Waals surface area contributed by atoms with Crippen LogP contribution in [0, 0.1) is 0 Å². The normalized spacial score (nSPS) is 15.5. The summed E-state index contributed by atoms with van der Waals surface area (Å²) in [5, 5.41) is 0. The third-order valence-electron chi connectivity index (χ3n) is 4.29. The molecule has 26 heavy (non-hydrogen) atoms. The largest absolute Gasteiger partial charge is 0.493 e. The van der Waals surface area contributed by atoms with E-state index in [1.54, 1.807) is 12.1 Å². The van der Waals surface area contributed by atoms with Crippen LogP contribution in [0.3, 0.4) is 0 Å². The van der Waals surface area contributed by atoms with Crippen LogP contribution in [0.2, 0.25) is 0 Å². The van der Waals surface area contributed by atoms with E-state index in [0.29, 0.717) is 40.3 Å². The van der Waals surface area contributed by atoms with Crippen molar-refractivity contribution in [2.24, 2.45) is 5.73 Å². The quantitative estimate of drug-likeness (QED) is 0.808. The van der Waals surface area contributed by atoms with E-state index in [4.69, 9.17) is 15.2 Å². The lowest BCUT2D eigenvalue weighted by Crippen LogP contribution is -2.46. The zero-order chi connectivity index (χ0) is 18.8. The molecule has 0 aliphatic carbocycles. The van der Waals surface area contributed by atoms with E-state index in [9.17, 15) is 9.59 Å². The molecule has 2 aromatic carbocycles. The highest BCUT2D eigenvalue weighted by Crippen LogP contribution is 2.39. The van der Waals surface area contributed by atoms with Crippen LogP contribution in [0.15, 0.2) is 40.9 Å². The molecule has 2 N–H and O–H groups in total. The van der Waals surface area contributed by atoms with Gasteiger partial charge < -0.3 is 15.2 Å². The molecular weight excluding hydrogens is 400 g/mol. The van der Waals surface area contributed by atoms with Crippen molar-refractivity contribution in [3.63, 3.8) is 0 Å². The first-order chi connectivity index (χ1) is 12.5. The Morgan fingerprint density at radius 1 is 1.31 bits per heavy atom. The van der Waals surface area contributed by atoms with Crippen LogP contribution < -0.4 is 20.1 Å². The third-order valence-corrected chi connectivity index (χ3v) is 4.88. The minimum absolute atomic E-state index is 0.319. The van der Waals surface area contributed by atoms with Crippen LogP contribution in [0.25, 0.3) is 0 Å². The van der Waals surface area contributed by atoms with Gasteiger partial charge in [0.05, 0.1) is 18.2 Å². The Hall–Kier alpha value is -2.54. The van der Waals surface area contributed by atoms with Gasteiger partial charge in [0.25, 0.3) is 5.91 Å². The van der Waals surface area contributed by atoms with Crippen LogP contribution in [0.4, 0.5) is 5.69 Å². The van der Waals surface area contributed by atoms with E-state index in [-0.39, 0.29) is 5.91 Å². The molecule has 0 saturated heterocycles. The number of halogens is 1. The second-order valence-electron chi connectivity index (χ2n) is 5.85. The van der Waals surface area contributed by atoms with E-state index < -0.39 is 11.9 Å². The first-order valence-electron chi connectivity index (χ1n) is 8.19. The van der Waals surface area contributed by atoms with Gasteiger partial charge in [-0.05, 0) is 46.6 Å². The molecule has 1 atom stereocenters. The summed E-state index contributed by atoms with van der Waals surface area (Å²) in [7, 11) is 1.51. The second-order valence-corrected chi connectivity index (χ2v) is 6.70. The Morgan fingerprint density at radius 2 is 2.04 bits per heavy atom. The van der Waals surface area contributed by atoms with Gasteiger partial charge in [-0.2, -0.15) is 0 Å². The number of para-hydroxylation sites is 1. The molecule has 6 nitrogen and oxygen atoms in total. The number of methoxy groups -OCH3 is 1. The summed E-state index contributed by atoms with van der Waals surface area (Å²) in [6, 6.07) is 9.98. The van der Waals surface area contributed by atoms with Gasteiger partial charge in [-0.15, -0.1) is 0 Å². The Kier molecular flexibility index (Phi) is 5.18. The number of hydrogen-bond acceptors (Lipinski definition) is 4. The van der Waals surface area contributed by atoms with Crippen LogP contribution in [-0.4, -0.2) is 31.6 Å². The number of nitrogens with zero attached hydrogens (tertiary/aromatic N) is 1. The van der Waals surface area contributed by atoms with Crippen LogP contribution >= 0.6 is 15.9 Å². The molecule has 2 aromatic rings. The van der Waals surface area contributed by atoms with Gasteiger partial charge in [0.15, 0.2) is 11.5 Å². The van der Waals surface area contributed by atoms with Crippen molar-refractivity contribution >= 4 is 33.4 Å². The van der Waals surface area contributed by atoms with E-state index in [1.807, 2.05) is 31.2 Å². The average Bonchev–Trinajstić information content (AvgIpc) is 3.02. The topological polar surface area (TPSA) is 81.9 Å². The van der Waals surface area contributed by atoms with Crippen molar-refractivity contribution in [2.75, 3.05) is 18.6 Å². The van der Waals surface area contributed by atoms with Crippen molar-refractivity contribution in [1.82, 2.24) is 0 Å². The van der Waals surface area contributed by atoms with Gasteiger partial charge in [-0.3, -0.25) is 14.5 Å². The van der Waals surface area contributed by atoms with Gasteiger partial charge in [-0.25, -0.2) is 0 Å². The molecule has 0 spiro atoms. The van der Waals surface area contributed by atoms with Crippen molar-refractivity contribution in [3.8, 4) is 11.5 Å². The summed E-state index contributed by atoms with van der Waals surface area (Å²) in [6.45, 7) is 2.33. The SMILES string of the molecule is CCOc1c(Br)cc(C(=O)N2c3ccccc3C[C@H]2C(N)=O)cc1OC. The maximum atomic E-state index is 13.2. The highest BCUT2D eigenvalue weighted by Gasteiger charge is 2.37. The number of benzene rings is 2. The molecule has 136 valence electrons. The van der Waals surface area contributed by atoms with Crippen molar-refractivity contribution in [1.29, 1.82) is 0 Å². The van der Waals surface area contributed by atoms with Gasteiger partial charge >= 0.3 is 0 Å². The number of ether oxygens (including phenoxy) is 2. The van der Waals surface area contributed by atoms with Gasteiger partial charge in [0, 0.05) is 17.7 Å². The number of rotatable bonds is 5. The predicted molar refractivity (Wildman–Crippen MR) is 102 cm³/mol. The fourth-order valence-electron chi connectivity index (χ4n) is 3.13. The zero-order valence-corrected chi connectivity index (χ0v) is 16.1. The number of amides is 2. The van der Waals surface area contributed by atoms with Gasteiger partial charge in [0.1, 0.15) is 6.04 Å². The van der Waals surface area contributed by atoms with Crippen molar-refractivity contribution in [3.05, 3.63) is 52.0 Å². The first-order valence-corrected chi connectivity index (χ1v) is 8.98. The number of nitrogens with two attached hydrogens (primary N) is 1. The summed E-state index contributed by atoms with van der Waals surface area (Å²) >= 11 is 3.43. The first kappa shape index (κ1) is 18.3. The van der Waals surface area contributed by atoms with E-state index in [0.717, 1.165) is 5.56 Å². The Labute approximate surface area is 160 Å². The molecule has 2 amide bonds. The van der Waals surface area contributed by atoms with E-state index >= 15 is 0 Å². The maximum Gasteiger partial charge on any atom is 0.259 e. The molecule has 1 aliphatic rings. The minimum Gasteiger partial charge on any atom is -0.493 e. The summed E-state index contributed by atoms with van der Waals surface area (Å²) in [5.41, 5.74) is 7.54. The van der Waals surface area contributed by atoms with Crippen LogP contribution in [0.1, 0.15) is 22.8 Å². The molecule has 0 fully saturated rings. The molecular formula is C19H19BrN2O4. The second kappa shape index (κ2) is 7.37. The molecule has 0 aromatic heterocycles. The average molecular weight is 419 g/mol. The van der Waals surface area contributed by atoms with Crippen LogP contribution in [-0.2, 0) is 11.2 Å². The standard InChI is InChI=1S/C19H19BrN2O4/c1-3-26-17-13(20)8-12(10-16(17)25-2)19(24)22-14-7-5-4-6-11(14)9-15(22)18(21)23/h4-8,10,15H,3,9H2,1-2H3,(H2,21,23)/t15-/m0/s1. The monoisotopic (exact) mass is 418 g/mol. The number of fused-ring (bicyclic) bond motifs is 1. The molecule has 0 bridgehead atoms. The summed E-state index contributed by atoms with van der Waals surface area (Å²) < 4.78 is 11.5. The van der Waals surface area contributed by atoms with Crippen molar-refractivity contribution < 1.29 is 19.1 Å². The molecule has 1 heterocycles. The smallest absolute Gasteiger partial charge is 0.259 e. The zero-order valence-electron chi connectivity index (χ0n) is 14.5. The lowest BCUT2D eigenvalue weighted by molar-refractivity contribution is -0.119. The Morgan fingerprint density at radius 3 is 2.69 bits per heavy atom. The molecule has 7 heteroatoms. The lowest BCUT2D eigenvalue weighted by Gasteiger charge is -2.24. The van der Waals surface area contributed by atoms with E-state index in [2.05, 4.69) is 15.9 Å². The Balaban J connectivity index is 2.05. The summed E-state index contributed by atoms with van der Waals surface area (Å²) in [6.07, 6.45) is 0.409. The van der Waals surface area contributed by atoms with Crippen LogP contribution in [0.5, 0.6) is 11.5 Å². The summed E-state index contributed by atoms with van der Waals surface area (Å²) in [4.78, 5) is 26.6. The lowest BCUT2D eigenvalue weighted by atomic mass is 10.1. The third kappa shape index (κ3) is 3.14. The maximum absolute atomic E-state index is 13.2. The van der Waals surface area contributed by atoms with Crippen molar-refractivity contribution in [2.45, 2.75) is 19.4 Å². The van der Waals surface area contributed by atoms with E-state index in [1.165, 1.54) is 12.0 Å². The number of hydrogen-bond donors (Lipinski definition) is 1. The number of anilines is 1. The fourth-order valence-corrected chi connectivity index (χ4v) is 3.69. The number of carbonyl (C=O) groups excluding carboxylic acids is 2. The predicted octanol–water partition coefficient (Wildman–Crippen LogP) is 2.91. The molecule has 0 saturated carbocycles. The molecule has 1 aliphatic heterocycles. The highest BCUT2D eigenvalue weighted by atomic mass is 79.9.